The van der Waals surface area contributed by atoms with Crippen molar-refractivity contribution in [3.05, 3.63) is 47.5 Å². The number of aromatic nitrogens is 2. The summed E-state index contributed by atoms with van der Waals surface area (Å²) in [6.07, 6.45) is 5.40. The number of hydrogen-bond donors (Lipinski definition) is 1. The van der Waals surface area contributed by atoms with Gasteiger partial charge < -0.3 is 14.6 Å². The van der Waals surface area contributed by atoms with E-state index in [1.165, 1.54) is 0 Å². The first-order valence-electron chi connectivity index (χ1n) is 8.73. The molecule has 5 nitrogen and oxygen atoms in total. The molecule has 0 fully saturated rings. The molecule has 2 aliphatic heterocycles. The summed E-state index contributed by atoms with van der Waals surface area (Å²) in [5.41, 5.74) is 2.21. The van der Waals surface area contributed by atoms with Gasteiger partial charge in [0.05, 0.1) is 12.3 Å². The second kappa shape index (κ2) is 6.30. The van der Waals surface area contributed by atoms with Crippen molar-refractivity contribution in [1.29, 1.82) is 0 Å². The molecular weight excluding hydrogens is 302 g/mol. The van der Waals surface area contributed by atoms with E-state index >= 15 is 0 Å². The number of ether oxygens (including phenoxy) is 1. The van der Waals surface area contributed by atoms with E-state index in [0.717, 1.165) is 48.6 Å². The highest BCUT2D eigenvalue weighted by molar-refractivity contribution is 5.77. The van der Waals surface area contributed by atoms with Gasteiger partial charge in [0.1, 0.15) is 11.6 Å². The van der Waals surface area contributed by atoms with E-state index < -0.39 is 0 Å². The zero-order chi connectivity index (χ0) is 16.5. The molecule has 3 heterocycles. The van der Waals surface area contributed by atoms with Gasteiger partial charge >= 0.3 is 0 Å². The Labute approximate surface area is 142 Å². The Bertz CT molecular complexity index is 753. The van der Waals surface area contributed by atoms with Gasteiger partial charge in [0.15, 0.2) is 0 Å². The maximum absolute atomic E-state index is 12.5. The number of amides is 1. The van der Waals surface area contributed by atoms with E-state index in [0.29, 0.717) is 13.0 Å². The Kier molecular flexibility index (Phi) is 4.00. The number of nitrogens with one attached hydrogen (secondary N) is 1. The van der Waals surface area contributed by atoms with Crippen LogP contribution < -0.4 is 10.1 Å². The summed E-state index contributed by atoms with van der Waals surface area (Å²) >= 11 is 0. The van der Waals surface area contributed by atoms with Gasteiger partial charge in [-0.2, -0.15) is 0 Å². The van der Waals surface area contributed by atoms with Gasteiger partial charge in [-0.3, -0.25) is 4.79 Å². The fourth-order valence-electron chi connectivity index (χ4n) is 3.84. The largest absolute Gasteiger partial charge is 0.493 e. The summed E-state index contributed by atoms with van der Waals surface area (Å²) in [6.45, 7) is 3.53. The zero-order valence-electron chi connectivity index (χ0n) is 14.0. The first-order valence-corrected chi connectivity index (χ1v) is 8.73. The van der Waals surface area contributed by atoms with E-state index in [1.54, 1.807) is 0 Å². The Balaban J connectivity index is 1.38. The van der Waals surface area contributed by atoms with Crippen LogP contribution in [0.15, 0.2) is 30.5 Å². The monoisotopic (exact) mass is 325 g/mol. The van der Waals surface area contributed by atoms with Gasteiger partial charge in [0, 0.05) is 31.6 Å². The molecule has 0 spiro atoms. The highest BCUT2D eigenvalue weighted by Gasteiger charge is 2.26. The van der Waals surface area contributed by atoms with Gasteiger partial charge in [0.2, 0.25) is 5.91 Å². The molecule has 1 aromatic heterocycles. The minimum atomic E-state index is 0.141. The lowest BCUT2D eigenvalue weighted by molar-refractivity contribution is -0.122. The Morgan fingerprint density at radius 2 is 2.25 bits per heavy atom. The molecule has 0 saturated heterocycles. The van der Waals surface area contributed by atoms with Crippen molar-refractivity contribution in [3.63, 3.8) is 0 Å². The quantitative estimate of drug-likeness (QED) is 0.944. The molecule has 5 heteroatoms. The van der Waals surface area contributed by atoms with Crippen molar-refractivity contribution in [3.8, 4) is 5.75 Å². The molecular formula is C19H23N3O2. The highest BCUT2D eigenvalue weighted by Crippen LogP contribution is 2.35. The summed E-state index contributed by atoms with van der Waals surface area (Å²) in [4.78, 5) is 17.0. The van der Waals surface area contributed by atoms with Crippen molar-refractivity contribution in [2.24, 2.45) is 0 Å². The van der Waals surface area contributed by atoms with Crippen LogP contribution in [0.4, 0.5) is 0 Å². The second-order valence-electron chi connectivity index (χ2n) is 6.83. The molecule has 0 radical (unpaired) electrons. The molecule has 24 heavy (non-hydrogen) atoms. The van der Waals surface area contributed by atoms with Crippen LogP contribution in [-0.4, -0.2) is 28.1 Å². The molecule has 1 amide bonds. The van der Waals surface area contributed by atoms with Gasteiger partial charge in [0.25, 0.3) is 0 Å². The maximum Gasteiger partial charge on any atom is 0.220 e. The SMILES string of the molecule is Cc1cn2c(n1)CC[C@@H](NC(=O)C[C@@H]1CCOc3ccccc31)C2. The number of nitrogens with zero attached hydrogens (tertiary/aromatic N) is 2. The minimum absolute atomic E-state index is 0.141. The minimum Gasteiger partial charge on any atom is -0.493 e. The fraction of sp³-hybridized carbons (Fsp3) is 0.474. The highest BCUT2D eigenvalue weighted by atomic mass is 16.5. The summed E-state index contributed by atoms with van der Waals surface area (Å²) in [6, 6.07) is 8.27. The van der Waals surface area contributed by atoms with Crippen LogP contribution in [0.2, 0.25) is 0 Å². The summed E-state index contributed by atoms with van der Waals surface area (Å²) in [5, 5.41) is 3.22. The molecule has 2 aliphatic rings. The number of benzene rings is 1. The van der Waals surface area contributed by atoms with Crippen LogP contribution >= 0.6 is 0 Å². The number of para-hydroxylation sites is 1. The summed E-state index contributed by atoms with van der Waals surface area (Å²) in [7, 11) is 0. The number of imidazole rings is 1. The van der Waals surface area contributed by atoms with Crippen molar-refractivity contribution in [2.75, 3.05) is 6.61 Å². The molecule has 0 bridgehead atoms. The van der Waals surface area contributed by atoms with Crippen LogP contribution in [0.5, 0.6) is 5.75 Å². The van der Waals surface area contributed by atoms with Crippen LogP contribution in [-0.2, 0) is 17.8 Å². The average molecular weight is 325 g/mol. The van der Waals surface area contributed by atoms with Crippen molar-refractivity contribution in [2.45, 2.75) is 51.1 Å². The summed E-state index contributed by atoms with van der Waals surface area (Å²) < 4.78 is 7.86. The van der Waals surface area contributed by atoms with Gasteiger partial charge in [-0.05, 0) is 37.3 Å². The fourth-order valence-corrected chi connectivity index (χ4v) is 3.84. The maximum atomic E-state index is 12.5. The number of carbonyl (C=O) groups is 1. The lowest BCUT2D eigenvalue weighted by atomic mass is 9.90. The number of rotatable bonds is 3. The van der Waals surface area contributed by atoms with Gasteiger partial charge in [-0.1, -0.05) is 18.2 Å². The van der Waals surface area contributed by atoms with E-state index in [2.05, 4.69) is 27.1 Å². The van der Waals surface area contributed by atoms with E-state index in [1.807, 2.05) is 25.1 Å². The van der Waals surface area contributed by atoms with Gasteiger partial charge in [-0.25, -0.2) is 4.98 Å². The van der Waals surface area contributed by atoms with E-state index in [9.17, 15) is 4.79 Å². The molecule has 0 saturated carbocycles. The molecule has 0 aliphatic carbocycles. The van der Waals surface area contributed by atoms with Crippen LogP contribution in [0.25, 0.3) is 0 Å². The normalized spacial score (nSPS) is 22.2. The predicted octanol–water partition coefficient (Wildman–Crippen LogP) is 2.58. The Morgan fingerprint density at radius 1 is 1.38 bits per heavy atom. The average Bonchev–Trinajstić information content (AvgIpc) is 2.94. The third-order valence-corrected chi connectivity index (χ3v) is 4.99. The Hall–Kier alpha value is -2.30. The van der Waals surface area contributed by atoms with Crippen molar-refractivity contribution in [1.82, 2.24) is 14.9 Å². The number of fused-ring (bicyclic) bond motifs is 2. The third kappa shape index (κ3) is 3.03. The zero-order valence-corrected chi connectivity index (χ0v) is 14.0. The number of hydrogen-bond acceptors (Lipinski definition) is 3. The molecule has 2 atom stereocenters. The molecule has 0 unspecified atom stereocenters. The third-order valence-electron chi connectivity index (χ3n) is 4.99. The smallest absolute Gasteiger partial charge is 0.220 e. The lowest BCUT2D eigenvalue weighted by Gasteiger charge is -2.28. The standard InChI is InChI=1S/C19H23N3O2/c1-13-11-22-12-15(6-7-18(22)20-13)21-19(23)10-14-8-9-24-17-5-3-2-4-16(14)17/h2-5,11,14-15H,6-10,12H2,1H3,(H,21,23)/t14-,15+/m0/s1. The summed E-state index contributed by atoms with van der Waals surface area (Å²) in [5.74, 6) is 2.46. The van der Waals surface area contributed by atoms with Crippen LogP contribution in [0.3, 0.4) is 0 Å². The molecule has 1 aromatic carbocycles. The topological polar surface area (TPSA) is 56.2 Å². The van der Waals surface area contributed by atoms with E-state index in [4.69, 9.17) is 4.74 Å². The lowest BCUT2D eigenvalue weighted by Crippen LogP contribution is -2.41. The molecule has 126 valence electrons. The van der Waals surface area contributed by atoms with E-state index in [-0.39, 0.29) is 17.9 Å². The van der Waals surface area contributed by atoms with Crippen LogP contribution in [0, 0.1) is 6.92 Å². The van der Waals surface area contributed by atoms with Crippen LogP contribution in [0.1, 0.15) is 42.3 Å². The molecule has 2 aromatic rings. The first-order chi connectivity index (χ1) is 11.7. The molecule has 4 rings (SSSR count). The Morgan fingerprint density at radius 3 is 3.17 bits per heavy atom. The molecule has 1 N–H and O–H groups in total. The van der Waals surface area contributed by atoms with Crippen molar-refractivity contribution < 1.29 is 9.53 Å². The first kappa shape index (κ1) is 15.2. The predicted molar refractivity (Wildman–Crippen MR) is 91.1 cm³/mol. The van der Waals surface area contributed by atoms with Crippen molar-refractivity contribution >= 4 is 5.91 Å². The van der Waals surface area contributed by atoms with Gasteiger partial charge in [-0.15, -0.1) is 0 Å². The second-order valence-corrected chi connectivity index (χ2v) is 6.83. The number of carbonyl (C=O) groups excluding carboxylic acids is 1. The number of aryl methyl sites for hydroxylation is 2.